The second-order valence-electron chi connectivity index (χ2n) is 5.09. The normalized spacial score (nSPS) is 11.9. The standard InChI is InChI=1S/C17H20N2S/c1-12-10-15(8-9-16(12)17(18)20)19-11-13(2)14-6-4-3-5-7-14/h3-10,13,19H,11H2,1-2H3,(H2,18,20). The molecule has 0 radical (unpaired) electrons. The van der Waals surface area contributed by atoms with Crippen LogP contribution in [0.3, 0.4) is 0 Å². The quantitative estimate of drug-likeness (QED) is 0.819. The molecule has 0 aliphatic rings. The zero-order valence-corrected chi connectivity index (χ0v) is 12.7. The minimum atomic E-state index is 0.451. The lowest BCUT2D eigenvalue weighted by atomic mass is 10.0. The lowest BCUT2D eigenvalue weighted by Crippen LogP contribution is -2.13. The molecule has 1 unspecified atom stereocenters. The third-order valence-corrected chi connectivity index (χ3v) is 3.69. The highest BCUT2D eigenvalue weighted by Crippen LogP contribution is 2.18. The molecule has 3 heteroatoms. The zero-order valence-electron chi connectivity index (χ0n) is 11.9. The fourth-order valence-corrected chi connectivity index (χ4v) is 2.45. The fraction of sp³-hybridized carbons (Fsp3) is 0.235. The molecule has 0 amide bonds. The molecule has 0 aliphatic heterocycles. The van der Waals surface area contributed by atoms with Crippen LogP contribution in [0.2, 0.25) is 0 Å². The summed E-state index contributed by atoms with van der Waals surface area (Å²) >= 11 is 5.02. The SMILES string of the molecule is Cc1cc(NCC(C)c2ccccc2)ccc1C(N)=S. The Balaban J connectivity index is 2.01. The van der Waals surface area contributed by atoms with Crippen LogP contribution in [0.25, 0.3) is 0 Å². The van der Waals surface area contributed by atoms with E-state index in [1.54, 1.807) is 0 Å². The van der Waals surface area contributed by atoms with E-state index in [0.29, 0.717) is 10.9 Å². The third-order valence-electron chi connectivity index (χ3n) is 3.47. The van der Waals surface area contributed by atoms with E-state index in [9.17, 15) is 0 Å². The van der Waals surface area contributed by atoms with Gasteiger partial charge in [0.1, 0.15) is 4.99 Å². The Morgan fingerprint density at radius 2 is 1.90 bits per heavy atom. The minimum Gasteiger partial charge on any atom is -0.389 e. The molecule has 0 aliphatic carbocycles. The van der Waals surface area contributed by atoms with Gasteiger partial charge in [-0.05, 0) is 42.2 Å². The largest absolute Gasteiger partial charge is 0.389 e. The topological polar surface area (TPSA) is 38.0 Å². The summed E-state index contributed by atoms with van der Waals surface area (Å²) in [5.74, 6) is 0.465. The van der Waals surface area contributed by atoms with Crippen LogP contribution in [0.15, 0.2) is 48.5 Å². The van der Waals surface area contributed by atoms with Crippen LogP contribution < -0.4 is 11.1 Å². The van der Waals surface area contributed by atoms with Gasteiger partial charge >= 0.3 is 0 Å². The summed E-state index contributed by atoms with van der Waals surface area (Å²) < 4.78 is 0. The molecule has 3 N–H and O–H groups in total. The summed E-state index contributed by atoms with van der Waals surface area (Å²) in [6.07, 6.45) is 0. The number of anilines is 1. The molecule has 2 rings (SSSR count). The predicted octanol–water partition coefficient (Wildman–Crippen LogP) is 3.84. The number of hydrogen-bond acceptors (Lipinski definition) is 2. The van der Waals surface area contributed by atoms with Crippen molar-refractivity contribution in [1.82, 2.24) is 0 Å². The molecule has 2 aromatic carbocycles. The van der Waals surface area contributed by atoms with Crippen molar-refractivity contribution in [2.75, 3.05) is 11.9 Å². The van der Waals surface area contributed by atoms with Crippen LogP contribution >= 0.6 is 12.2 Å². The third kappa shape index (κ3) is 3.58. The van der Waals surface area contributed by atoms with Gasteiger partial charge in [0.2, 0.25) is 0 Å². The number of nitrogens with two attached hydrogens (primary N) is 1. The Hall–Kier alpha value is -1.87. The summed E-state index contributed by atoms with van der Waals surface area (Å²) in [6.45, 7) is 5.15. The van der Waals surface area contributed by atoms with Crippen LogP contribution in [0.1, 0.15) is 29.5 Å². The fourth-order valence-electron chi connectivity index (χ4n) is 2.22. The molecule has 0 bridgehead atoms. The first kappa shape index (κ1) is 14.5. The highest BCUT2D eigenvalue weighted by atomic mass is 32.1. The maximum atomic E-state index is 5.67. The predicted molar refractivity (Wildman–Crippen MR) is 90.4 cm³/mol. The molecule has 2 aromatic rings. The van der Waals surface area contributed by atoms with Gasteiger partial charge in [-0.1, -0.05) is 49.5 Å². The molecule has 20 heavy (non-hydrogen) atoms. The second-order valence-corrected chi connectivity index (χ2v) is 5.53. The summed E-state index contributed by atoms with van der Waals surface area (Å²) in [4.78, 5) is 0.451. The van der Waals surface area contributed by atoms with Crippen molar-refractivity contribution in [2.45, 2.75) is 19.8 Å². The van der Waals surface area contributed by atoms with Gasteiger partial charge in [0.05, 0.1) is 0 Å². The molecule has 0 saturated carbocycles. The summed E-state index contributed by atoms with van der Waals surface area (Å²) in [5.41, 5.74) is 10.2. The second kappa shape index (κ2) is 6.53. The smallest absolute Gasteiger partial charge is 0.104 e. The Labute approximate surface area is 126 Å². The van der Waals surface area contributed by atoms with E-state index in [1.807, 2.05) is 25.1 Å². The molecule has 1 atom stereocenters. The zero-order chi connectivity index (χ0) is 14.5. The van der Waals surface area contributed by atoms with E-state index in [4.69, 9.17) is 18.0 Å². The number of nitrogens with one attached hydrogen (secondary N) is 1. The number of aryl methyl sites for hydroxylation is 1. The number of hydrogen-bond donors (Lipinski definition) is 2. The van der Waals surface area contributed by atoms with Gasteiger partial charge < -0.3 is 11.1 Å². The van der Waals surface area contributed by atoms with Crippen LogP contribution in [0, 0.1) is 6.92 Å². The van der Waals surface area contributed by atoms with Gasteiger partial charge in [0.15, 0.2) is 0 Å². The van der Waals surface area contributed by atoms with Gasteiger partial charge in [0.25, 0.3) is 0 Å². The van der Waals surface area contributed by atoms with E-state index < -0.39 is 0 Å². The van der Waals surface area contributed by atoms with Gasteiger partial charge in [-0.15, -0.1) is 0 Å². The molecular weight excluding hydrogens is 264 g/mol. The molecule has 0 fully saturated rings. The molecule has 0 saturated heterocycles. The van der Waals surface area contributed by atoms with Crippen molar-refractivity contribution in [2.24, 2.45) is 5.73 Å². The number of rotatable bonds is 5. The van der Waals surface area contributed by atoms with Crippen LogP contribution in [0.5, 0.6) is 0 Å². The molecule has 104 valence electrons. The van der Waals surface area contributed by atoms with Gasteiger partial charge in [-0.2, -0.15) is 0 Å². The lowest BCUT2D eigenvalue weighted by Gasteiger charge is -2.15. The van der Waals surface area contributed by atoms with Crippen LogP contribution in [0.4, 0.5) is 5.69 Å². The van der Waals surface area contributed by atoms with Crippen molar-refractivity contribution in [3.63, 3.8) is 0 Å². The number of thiocarbonyl (C=S) groups is 1. The van der Waals surface area contributed by atoms with Gasteiger partial charge in [-0.25, -0.2) is 0 Å². The average molecular weight is 284 g/mol. The first-order chi connectivity index (χ1) is 9.58. The van der Waals surface area contributed by atoms with Crippen molar-refractivity contribution < 1.29 is 0 Å². The average Bonchev–Trinajstić information content (AvgIpc) is 2.45. The minimum absolute atomic E-state index is 0.451. The summed E-state index contributed by atoms with van der Waals surface area (Å²) in [5, 5.41) is 3.47. The molecule has 0 heterocycles. The maximum absolute atomic E-state index is 5.67. The van der Waals surface area contributed by atoms with Crippen molar-refractivity contribution >= 4 is 22.9 Å². The molecular formula is C17H20N2S. The van der Waals surface area contributed by atoms with Crippen LogP contribution in [-0.4, -0.2) is 11.5 Å². The monoisotopic (exact) mass is 284 g/mol. The van der Waals surface area contributed by atoms with E-state index in [1.165, 1.54) is 5.56 Å². The Kier molecular flexibility index (Phi) is 4.74. The van der Waals surface area contributed by atoms with Crippen molar-refractivity contribution in [1.29, 1.82) is 0 Å². The van der Waals surface area contributed by atoms with E-state index in [0.717, 1.165) is 23.4 Å². The highest BCUT2D eigenvalue weighted by Gasteiger charge is 2.06. The Morgan fingerprint density at radius 3 is 2.50 bits per heavy atom. The highest BCUT2D eigenvalue weighted by molar-refractivity contribution is 7.80. The number of benzene rings is 2. The van der Waals surface area contributed by atoms with E-state index in [2.05, 4.69) is 42.6 Å². The molecule has 0 aromatic heterocycles. The Morgan fingerprint density at radius 1 is 1.20 bits per heavy atom. The summed E-state index contributed by atoms with van der Waals surface area (Å²) in [7, 11) is 0. The Bertz CT molecular complexity index is 593. The first-order valence-corrected chi connectivity index (χ1v) is 7.18. The molecule has 2 nitrogen and oxygen atoms in total. The summed E-state index contributed by atoms with van der Waals surface area (Å²) in [6, 6.07) is 16.6. The lowest BCUT2D eigenvalue weighted by molar-refractivity contribution is 0.805. The van der Waals surface area contributed by atoms with E-state index >= 15 is 0 Å². The van der Waals surface area contributed by atoms with Crippen molar-refractivity contribution in [3.05, 3.63) is 65.2 Å². The van der Waals surface area contributed by atoms with Gasteiger partial charge in [0, 0.05) is 17.8 Å². The van der Waals surface area contributed by atoms with Gasteiger partial charge in [-0.3, -0.25) is 0 Å². The molecule has 0 spiro atoms. The van der Waals surface area contributed by atoms with Crippen molar-refractivity contribution in [3.8, 4) is 0 Å². The first-order valence-electron chi connectivity index (χ1n) is 6.77. The van der Waals surface area contributed by atoms with E-state index in [-0.39, 0.29) is 0 Å². The van der Waals surface area contributed by atoms with Crippen LogP contribution in [-0.2, 0) is 0 Å². The maximum Gasteiger partial charge on any atom is 0.104 e.